The van der Waals surface area contributed by atoms with Gasteiger partial charge in [0.1, 0.15) is 0 Å². The van der Waals surface area contributed by atoms with Gasteiger partial charge in [-0.1, -0.05) is 0 Å². The van der Waals surface area contributed by atoms with Gasteiger partial charge in [0.25, 0.3) is 0 Å². The zero-order valence-electron chi connectivity index (χ0n) is 11.6. The molecule has 1 aliphatic rings. The molecule has 0 saturated heterocycles. The summed E-state index contributed by atoms with van der Waals surface area (Å²) < 4.78 is 0. The molecule has 0 radical (unpaired) electrons. The molecule has 0 spiro atoms. The number of thiophene rings is 1. The number of carbonyl (C=O) groups excluding carboxylic acids is 1. The molecule has 18 heavy (non-hydrogen) atoms. The van der Waals surface area contributed by atoms with Gasteiger partial charge in [0.2, 0.25) is 5.91 Å². The Labute approximate surface area is 113 Å². The number of carbonyl (C=O) groups is 1. The van der Waals surface area contributed by atoms with Crippen LogP contribution in [0.2, 0.25) is 0 Å². The fraction of sp³-hybridized carbons (Fsp3) is 0.643. The third kappa shape index (κ3) is 2.19. The largest absolute Gasteiger partial charge is 0.337 e. The van der Waals surface area contributed by atoms with Gasteiger partial charge < -0.3 is 10.6 Å². The second-order valence-electron chi connectivity index (χ2n) is 6.19. The van der Waals surface area contributed by atoms with Gasteiger partial charge in [-0.15, -0.1) is 11.3 Å². The Hall–Kier alpha value is -0.870. The van der Waals surface area contributed by atoms with Crippen LogP contribution in [0.5, 0.6) is 0 Å². The molecule has 2 rings (SSSR count). The van der Waals surface area contributed by atoms with Crippen molar-refractivity contribution in [1.82, 2.24) is 4.90 Å². The molecule has 0 unspecified atom stereocenters. The van der Waals surface area contributed by atoms with E-state index in [1.54, 1.807) is 11.3 Å². The van der Waals surface area contributed by atoms with E-state index in [1.807, 2.05) is 32.6 Å². The third-order valence-electron chi connectivity index (χ3n) is 4.24. The molecule has 100 valence electrons. The van der Waals surface area contributed by atoms with Crippen LogP contribution in [0.4, 0.5) is 0 Å². The van der Waals surface area contributed by atoms with Crippen LogP contribution >= 0.6 is 11.3 Å². The summed E-state index contributed by atoms with van der Waals surface area (Å²) in [7, 11) is 0. The average Bonchev–Trinajstić information content (AvgIpc) is 2.73. The van der Waals surface area contributed by atoms with Gasteiger partial charge in [0.15, 0.2) is 0 Å². The maximum atomic E-state index is 12.6. The lowest BCUT2D eigenvalue weighted by atomic mass is 9.74. The van der Waals surface area contributed by atoms with Crippen LogP contribution in [0, 0.1) is 5.41 Å². The Morgan fingerprint density at radius 1 is 1.39 bits per heavy atom. The average molecular weight is 266 g/mol. The number of hydrogen-bond acceptors (Lipinski definition) is 3. The number of nitrogens with zero attached hydrogens (tertiary/aromatic N) is 1. The molecule has 1 aromatic heterocycles. The molecular formula is C14H22N2OS. The highest BCUT2D eigenvalue weighted by atomic mass is 32.1. The minimum atomic E-state index is -0.541. The van der Waals surface area contributed by atoms with E-state index in [0.717, 1.165) is 19.5 Å². The molecular weight excluding hydrogens is 244 g/mol. The van der Waals surface area contributed by atoms with Crippen molar-refractivity contribution in [3.05, 3.63) is 21.9 Å². The van der Waals surface area contributed by atoms with Gasteiger partial charge in [-0.3, -0.25) is 4.79 Å². The lowest BCUT2D eigenvalue weighted by Crippen LogP contribution is -2.57. The summed E-state index contributed by atoms with van der Waals surface area (Å²) in [4.78, 5) is 16.0. The molecule has 2 N–H and O–H groups in total. The van der Waals surface area contributed by atoms with Gasteiger partial charge in [-0.05, 0) is 51.1 Å². The Bertz CT molecular complexity index is 457. The van der Waals surface area contributed by atoms with Gasteiger partial charge >= 0.3 is 0 Å². The van der Waals surface area contributed by atoms with E-state index in [1.165, 1.54) is 10.4 Å². The Kier molecular flexibility index (Phi) is 3.28. The SMILES string of the molecule is CC(C)(N)C(C)(C)C(=O)N1CCc2sccc2C1. The van der Waals surface area contributed by atoms with E-state index < -0.39 is 11.0 Å². The fourth-order valence-corrected chi connectivity index (χ4v) is 2.98. The lowest BCUT2D eigenvalue weighted by molar-refractivity contribution is -0.144. The van der Waals surface area contributed by atoms with Crippen molar-refractivity contribution in [2.24, 2.45) is 11.1 Å². The van der Waals surface area contributed by atoms with Crippen molar-refractivity contribution < 1.29 is 4.79 Å². The molecule has 1 aliphatic heterocycles. The highest BCUT2D eigenvalue weighted by Gasteiger charge is 2.43. The first-order valence-electron chi connectivity index (χ1n) is 6.37. The number of nitrogens with two attached hydrogens (primary N) is 1. The van der Waals surface area contributed by atoms with Crippen molar-refractivity contribution in [3.63, 3.8) is 0 Å². The molecule has 1 amide bonds. The van der Waals surface area contributed by atoms with Crippen LogP contribution in [0.1, 0.15) is 38.1 Å². The topological polar surface area (TPSA) is 46.3 Å². The third-order valence-corrected chi connectivity index (χ3v) is 5.26. The number of amides is 1. The van der Waals surface area contributed by atoms with Crippen LogP contribution < -0.4 is 5.73 Å². The highest BCUT2D eigenvalue weighted by Crippen LogP contribution is 2.33. The zero-order valence-corrected chi connectivity index (χ0v) is 12.4. The van der Waals surface area contributed by atoms with E-state index >= 15 is 0 Å². The van der Waals surface area contributed by atoms with Crippen molar-refractivity contribution in [2.45, 2.75) is 46.2 Å². The normalized spacial score (nSPS) is 16.6. The number of fused-ring (bicyclic) bond motifs is 1. The highest BCUT2D eigenvalue weighted by molar-refractivity contribution is 7.10. The lowest BCUT2D eigenvalue weighted by Gasteiger charge is -2.41. The minimum Gasteiger partial charge on any atom is -0.337 e. The second kappa shape index (κ2) is 4.35. The van der Waals surface area contributed by atoms with Crippen molar-refractivity contribution in [3.8, 4) is 0 Å². The molecule has 4 heteroatoms. The number of hydrogen-bond donors (Lipinski definition) is 1. The van der Waals surface area contributed by atoms with E-state index in [9.17, 15) is 4.79 Å². The van der Waals surface area contributed by atoms with Gasteiger partial charge in [0.05, 0.1) is 5.41 Å². The van der Waals surface area contributed by atoms with Crippen molar-refractivity contribution >= 4 is 17.2 Å². The zero-order chi connectivity index (χ0) is 13.6. The van der Waals surface area contributed by atoms with E-state index in [-0.39, 0.29) is 5.91 Å². The standard InChI is InChI=1S/C14H22N2OS/c1-13(2,14(3,4)15)12(17)16-7-5-11-10(9-16)6-8-18-11/h6,8H,5,7,9,15H2,1-4H3. The van der Waals surface area contributed by atoms with Gasteiger partial charge in [0, 0.05) is 23.5 Å². The van der Waals surface area contributed by atoms with Gasteiger partial charge in [-0.25, -0.2) is 0 Å². The van der Waals surface area contributed by atoms with Crippen LogP contribution in [-0.4, -0.2) is 22.9 Å². The van der Waals surface area contributed by atoms with Crippen LogP contribution in [0.25, 0.3) is 0 Å². The van der Waals surface area contributed by atoms with Crippen LogP contribution in [0.15, 0.2) is 11.4 Å². The maximum Gasteiger partial charge on any atom is 0.230 e. The predicted molar refractivity (Wildman–Crippen MR) is 75.5 cm³/mol. The summed E-state index contributed by atoms with van der Waals surface area (Å²) in [6.07, 6.45) is 0.972. The molecule has 2 heterocycles. The minimum absolute atomic E-state index is 0.159. The smallest absolute Gasteiger partial charge is 0.230 e. The first kappa shape index (κ1) is 13.6. The molecule has 0 atom stereocenters. The maximum absolute atomic E-state index is 12.6. The van der Waals surface area contributed by atoms with Crippen molar-refractivity contribution in [1.29, 1.82) is 0 Å². The first-order valence-corrected chi connectivity index (χ1v) is 7.25. The Morgan fingerprint density at radius 3 is 2.67 bits per heavy atom. The van der Waals surface area contributed by atoms with E-state index in [4.69, 9.17) is 5.73 Å². The summed E-state index contributed by atoms with van der Waals surface area (Å²) in [5.74, 6) is 0.159. The van der Waals surface area contributed by atoms with E-state index in [0.29, 0.717) is 0 Å². The summed E-state index contributed by atoms with van der Waals surface area (Å²) in [6, 6.07) is 2.13. The summed E-state index contributed by atoms with van der Waals surface area (Å²) in [5, 5.41) is 2.11. The van der Waals surface area contributed by atoms with Crippen LogP contribution in [0.3, 0.4) is 0 Å². The molecule has 0 fully saturated rings. The summed E-state index contributed by atoms with van der Waals surface area (Å²) >= 11 is 1.79. The summed E-state index contributed by atoms with van der Waals surface area (Å²) in [6.45, 7) is 9.27. The second-order valence-corrected chi connectivity index (χ2v) is 7.19. The van der Waals surface area contributed by atoms with E-state index in [2.05, 4.69) is 11.4 Å². The summed E-state index contributed by atoms with van der Waals surface area (Å²) in [5.41, 5.74) is 6.39. The fourth-order valence-electron chi connectivity index (χ4n) is 2.09. The Morgan fingerprint density at radius 2 is 2.06 bits per heavy atom. The molecule has 0 aromatic carbocycles. The predicted octanol–water partition coefficient (Wildman–Crippen LogP) is 2.40. The first-order chi connectivity index (χ1) is 8.23. The molecule has 3 nitrogen and oxygen atoms in total. The Balaban J connectivity index is 2.17. The molecule has 1 aromatic rings. The molecule has 0 bridgehead atoms. The van der Waals surface area contributed by atoms with Crippen molar-refractivity contribution in [2.75, 3.05) is 6.54 Å². The van der Waals surface area contributed by atoms with Crippen LogP contribution in [-0.2, 0) is 17.8 Å². The number of rotatable bonds is 2. The molecule has 0 aliphatic carbocycles. The molecule has 0 saturated carbocycles. The quantitative estimate of drug-likeness (QED) is 0.893. The van der Waals surface area contributed by atoms with Gasteiger partial charge in [-0.2, -0.15) is 0 Å². The monoisotopic (exact) mass is 266 g/mol.